The van der Waals surface area contributed by atoms with Crippen LogP contribution < -0.4 is 0 Å². The van der Waals surface area contributed by atoms with Crippen LogP contribution >= 0.6 is 11.3 Å². The summed E-state index contributed by atoms with van der Waals surface area (Å²) in [5.41, 5.74) is 0.784. The summed E-state index contributed by atoms with van der Waals surface area (Å²) in [6.45, 7) is 0.831. The molecular formula is C14H12F3N3S. The van der Waals surface area contributed by atoms with Gasteiger partial charge in [-0.05, 0) is 19.2 Å². The van der Waals surface area contributed by atoms with Crippen molar-refractivity contribution in [2.75, 3.05) is 13.6 Å². The first-order valence-electron chi connectivity index (χ1n) is 6.07. The predicted octanol–water partition coefficient (Wildman–Crippen LogP) is 3.78. The molecule has 1 aromatic carbocycles. The second-order valence-electron chi connectivity index (χ2n) is 4.55. The Morgan fingerprint density at radius 2 is 1.95 bits per heavy atom. The van der Waals surface area contributed by atoms with E-state index in [1.807, 2.05) is 16.3 Å². The molecule has 0 spiro atoms. The molecule has 2 rings (SSSR count). The van der Waals surface area contributed by atoms with Crippen molar-refractivity contribution in [3.05, 3.63) is 40.9 Å². The molecule has 0 amide bonds. The van der Waals surface area contributed by atoms with Gasteiger partial charge < -0.3 is 0 Å². The Hall–Kier alpha value is -1.91. The van der Waals surface area contributed by atoms with E-state index in [9.17, 15) is 13.2 Å². The van der Waals surface area contributed by atoms with Crippen molar-refractivity contribution in [3.63, 3.8) is 0 Å². The molecule has 3 nitrogen and oxygen atoms in total. The van der Waals surface area contributed by atoms with E-state index in [0.29, 0.717) is 23.7 Å². The van der Waals surface area contributed by atoms with Gasteiger partial charge in [0, 0.05) is 17.5 Å². The largest absolute Gasteiger partial charge is 0.416 e. The average Bonchev–Trinajstić information content (AvgIpc) is 2.86. The number of rotatable bonds is 4. The lowest BCUT2D eigenvalue weighted by Gasteiger charge is -2.09. The third-order valence-electron chi connectivity index (χ3n) is 2.78. The van der Waals surface area contributed by atoms with E-state index in [2.05, 4.69) is 4.98 Å². The van der Waals surface area contributed by atoms with Gasteiger partial charge in [-0.2, -0.15) is 18.4 Å². The quantitative estimate of drug-likeness (QED) is 0.807. The Morgan fingerprint density at radius 3 is 2.52 bits per heavy atom. The van der Waals surface area contributed by atoms with E-state index < -0.39 is 11.7 Å². The highest BCUT2D eigenvalue weighted by atomic mass is 32.1. The minimum atomic E-state index is -4.33. The summed E-state index contributed by atoms with van der Waals surface area (Å²) < 4.78 is 37.5. The van der Waals surface area contributed by atoms with Crippen LogP contribution in [0.4, 0.5) is 13.2 Å². The summed E-state index contributed by atoms with van der Waals surface area (Å²) in [5, 5.41) is 11.1. The highest BCUT2D eigenvalue weighted by molar-refractivity contribution is 7.13. The third-order valence-corrected chi connectivity index (χ3v) is 3.72. The predicted molar refractivity (Wildman–Crippen MR) is 74.5 cm³/mol. The summed E-state index contributed by atoms with van der Waals surface area (Å²) in [4.78, 5) is 6.19. The van der Waals surface area contributed by atoms with Crippen LogP contribution in [-0.2, 0) is 12.7 Å². The van der Waals surface area contributed by atoms with Crippen LogP contribution in [0.3, 0.4) is 0 Å². The van der Waals surface area contributed by atoms with Gasteiger partial charge in [-0.3, -0.25) is 4.90 Å². The van der Waals surface area contributed by atoms with Crippen LogP contribution in [0.15, 0.2) is 29.6 Å². The monoisotopic (exact) mass is 311 g/mol. The molecule has 21 heavy (non-hydrogen) atoms. The molecule has 0 saturated carbocycles. The normalized spacial score (nSPS) is 11.6. The molecule has 0 bridgehead atoms. The minimum absolute atomic E-state index is 0.299. The van der Waals surface area contributed by atoms with Crippen molar-refractivity contribution >= 4 is 11.3 Å². The molecule has 0 aliphatic carbocycles. The van der Waals surface area contributed by atoms with Crippen molar-refractivity contribution in [2.45, 2.75) is 12.7 Å². The van der Waals surface area contributed by atoms with Gasteiger partial charge in [0.05, 0.1) is 23.9 Å². The zero-order chi connectivity index (χ0) is 15.5. The Bertz CT molecular complexity index is 641. The lowest BCUT2D eigenvalue weighted by atomic mass is 10.1. The second kappa shape index (κ2) is 6.24. The molecule has 0 atom stereocenters. The van der Waals surface area contributed by atoms with Crippen molar-refractivity contribution in [1.29, 1.82) is 5.26 Å². The van der Waals surface area contributed by atoms with Gasteiger partial charge in [0.15, 0.2) is 0 Å². The summed E-state index contributed by atoms with van der Waals surface area (Å²) in [5.74, 6) is 0. The molecule has 0 radical (unpaired) electrons. The molecule has 0 fully saturated rings. The van der Waals surface area contributed by atoms with Crippen molar-refractivity contribution in [2.24, 2.45) is 0 Å². The van der Waals surface area contributed by atoms with E-state index in [1.165, 1.54) is 23.5 Å². The Kier molecular flexibility index (Phi) is 4.60. The molecule has 110 valence electrons. The van der Waals surface area contributed by atoms with Crippen molar-refractivity contribution in [1.82, 2.24) is 9.88 Å². The van der Waals surface area contributed by atoms with Crippen LogP contribution in [0.5, 0.6) is 0 Å². The summed E-state index contributed by atoms with van der Waals surface area (Å²) in [7, 11) is 1.81. The number of thiazole rings is 1. The van der Waals surface area contributed by atoms with E-state index in [0.717, 1.165) is 17.8 Å². The molecule has 0 aliphatic heterocycles. The first-order valence-corrected chi connectivity index (χ1v) is 6.95. The van der Waals surface area contributed by atoms with E-state index in [1.54, 1.807) is 7.05 Å². The first-order chi connectivity index (χ1) is 9.90. The first kappa shape index (κ1) is 15.5. The highest BCUT2D eigenvalue weighted by Crippen LogP contribution is 2.31. The molecule has 0 N–H and O–H groups in total. The Morgan fingerprint density at radius 1 is 1.29 bits per heavy atom. The number of alkyl halides is 3. The number of aromatic nitrogens is 1. The lowest BCUT2D eigenvalue weighted by Crippen LogP contribution is -2.17. The fraction of sp³-hybridized carbons (Fsp3) is 0.286. The smallest absolute Gasteiger partial charge is 0.288 e. The van der Waals surface area contributed by atoms with Crippen LogP contribution in [0.25, 0.3) is 10.6 Å². The molecular weight excluding hydrogens is 299 g/mol. The standard InChI is InChI=1S/C14H12F3N3S/c1-20(7-6-18)8-12-9-21-13(19-12)10-2-4-11(5-3-10)14(15,16)17/h2-5,9H,7-8H2,1H3. The Balaban J connectivity index is 2.13. The van der Waals surface area contributed by atoms with Gasteiger partial charge >= 0.3 is 6.18 Å². The number of nitriles is 1. The number of halogens is 3. The van der Waals surface area contributed by atoms with E-state index in [-0.39, 0.29) is 0 Å². The van der Waals surface area contributed by atoms with Gasteiger partial charge in [0.25, 0.3) is 0 Å². The summed E-state index contributed by atoms with van der Waals surface area (Å²) in [6.07, 6.45) is -4.33. The topological polar surface area (TPSA) is 39.9 Å². The fourth-order valence-electron chi connectivity index (χ4n) is 1.77. The molecule has 1 heterocycles. The third kappa shape index (κ3) is 4.03. The SMILES string of the molecule is CN(CC#N)Cc1csc(-c2ccc(C(F)(F)F)cc2)n1. The maximum atomic E-state index is 12.5. The number of nitrogens with zero attached hydrogens (tertiary/aromatic N) is 3. The molecule has 1 aromatic heterocycles. The van der Waals surface area contributed by atoms with E-state index in [4.69, 9.17) is 5.26 Å². The molecule has 0 saturated heterocycles. The maximum absolute atomic E-state index is 12.5. The van der Waals surface area contributed by atoms with Crippen LogP contribution in [0, 0.1) is 11.3 Å². The van der Waals surface area contributed by atoms with Crippen LogP contribution in [-0.4, -0.2) is 23.5 Å². The van der Waals surface area contributed by atoms with Crippen molar-refractivity contribution in [3.8, 4) is 16.6 Å². The van der Waals surface area contributed by atoms with Gasteiger partial charge in [-0.1, -0.05) is 12.1 Å². The highest BCUT2D eigenvalue weighted by Gasteiger charge is 2.30. The van der Waals surface area contributed by atoms with Crippen LogP contribution in [0.1, 0.15) is 11.3 Å². The minimum Gasteiger partial charge on any atom is -0.288 e. The van der Waals surface area contributed by atoms with Gasteiger partial charge in [0.2, 0.25) is 0 Å². The second-order valence-corrected chi connectivity index (χ2v) is 5.41. The average molecular weight is 311 g/mol. The number of hydrogen-bond donors (Lipinski definition) is 0. The number of benzene rings is 1. The Labute approximate surface area is 124 Å². The van der Waals surface area contributed by atoms with Crippen molar-refractivity contribution < 1.29 is 13.2 Å². The zero-order valence-electron chi connectivity index (χ0n) is 11.2. The zero-order valence-corrected chi connectivity index (χ0v) is 12.0. The van der Waals surface area contributed by atoms with Crippen LogP contribution in [0.2, 0.25) is 0 Å². The van der Waals surface area contributed by atoms with Gasteiger partial charge in [-0.25, -0.2) is 4.98 Å². The molecule has 0 unspecified atom stereocenters. The molecule has 0 aliphatic rings. The van der Waals surface area contributed by atoms with Gasteiger partial charge in [0.1, 0.15) is 5.01 Å². The lowest BCUT2D eigenvalue weighted by molar-refractivity contribution is -0.137. The van der Waals surface area contributed by atoms with E-state index >= 15 is 0 Å². The fourth-order valence-corrected chi connectivity index (χ4v) is 2.58. The summed E-state index contributed by atoms with van der Waals surface area (Å²) in [6, 6.07) is 6.99. The van der Waals surface area contributed by atoms with Gasteiger partial charge in [-0.15, -0.1) is 11.3 Å². The summed E-state index contributed by atoms with van der Waals surface area (Å²) >= 11 is 1.37. The molecule has 7 heteroatoms. The maximum Gasteiger partial charge on any atom is 0.416 e. The molecule has 2 aromatic rings. The number of hydrogen-bond acceptors (Lipinski definition) is 4.